The van der Waals surface area contributed by atoms with Crippen LogP contribution in [-0.4, -0.2) is 20.7 Å². The molecule has 7 heteroatoms. The Balaban J connectivity index is 2.56. The second-order valence-electron chi connectivity index (χ2n) is 4.31. The summed E-state index contributed by atoms with van der Waals surface area (Å²) in [5.74, 6) is -0.0161. The molecule has 0 saturated heterocycles. The van der Waals surface area contributed by atoms with Crippen molar-refractivity contribution in [3.8, 4) is 0 Å². The highest BCUT2D eigenvalue weighted by atomic mass is 35.5. The van der Waals surface area contributed by atoms with E-state index >= 15 is 0 Å². The van der Waals surface area contributed by atoms with Crippen molar-refractivity contribution in [2.45, 2.75) is 25.8 Å². The lowest BCUT2D eigenvalue weighted by molar-refractivity contribution is 0.516. The summed E-state index contributed by atoms with van der Waals surface area (Å²) >= 11 is 11.9. The maximum Gasteiger partial charge on any atom is 0.209 e. The summed E-state index contributed by atoms with van der Waals surface area (Å²) in [6.07, 6.45) is 1.35. The number of hydrogen-bond donors (Lipinski definition) is 2. The van der Waals surface area contributed by atoms with Crippen LogP contribution in [0.25, 0.3) is 0 Å². The largest absolute Gasteiger partial charge is 0.310 e. The summed E-state index contributed by atoms with van der Waals surface area (Å²) < 4.78 is 21.6. The molecule has 0 aromatic heterocycles. The summed E-state index contributed by atoms with van der Waals surface area (Å²) in [7, 11) is -3.38. The van der Waals surface area contributed by atoms with E-state index in [-0.39, 0.29) is 11.8 Å². The predicted octanol–water partition coefficient (Wildman–Crippen LogP) is 2.71. The molecule has 1 aromatic rings. The van der Waals surface area contributed by atoms with E-state index in [9.17, 15) is 8.42 Å². The van der Waals surface area contributed by atoms with Crippen molar-refractivity contribution in [1.82, 2.24) is 5.32 Å². The van der Waals surface area contributed by atoms with Crippen molar-refractivity contribution in [3.05, 3.63) is 33.8 Å². The molecule has 0 heterocycles. The Hall–Kier alpha value is -0.330. The molecule has 1 aromatic carbocycles. The van der Waals surface area contributed by atoms with Gasteiger partial charge in [-0.25, -0.2) is 13.6 Å². The van der Waals surface area contributed by atoms with Gasteiger partial charge >= 0.3 is 0 Å². The molecule has 0 saturated carbocycles. The van der Waals surface area contributed by atoms with E-state index in [2.05, 4.69) is 5.32 Å². The van der Waals surface area contributed by atoms with Crippen LogP contribution in [0.1, 0.15) is 31.4 Å². The van der Waals surface area contributed by atoms with E-state index < -0.39 is 10.0 Å². The van der Waals surface area contributed by atoms with Gasteiger partial charge in [0, 0.05) is 6.04 Å². The van der Waals surface area contributed by atoms with Gasteiger partial charge < -0.3 is 5.32 Å². The Labute approximate surface area is 124 Å². The number of primary sulfonamides is 1. The molecule has 0 radical (unpaired) electrons. The molecule has 0 aliphatic carbocycles. The molecule has 0 fully saturated rings. The fourth-order valence-electron chi connectivity index (χ4n) is 1.78. The zero-order valence-corrected chi connectivity index (χ0v) is 13.0. The van der Waals surface area contributed by atoms with Gasteiger partial charge in [-0.1, -0.05) is 36.2 Å². The summed E-state index contributed by atoms with van der Waals surface area (Å²) in [6, 6.07) is 5.61. The van der Waals surface area contributed by atoms with E-state index in [0.29, 0.717) is 23.0 Å². The summed E-state index contributed by atoms with van der Waals surface area (Å²) in [4.78, 5) is 0. The Morgan fingerprint density at radius 2 is 2.00 bits per heavy atom. The third-order valence-corrected chi connectivity index (χ3v) is 4.35. The Morgan fingerprint density at radius 1 is 1.32 bits per heavy atom. The highest BCUT2D eigenvalue weighted by Gasteiger charge is 2.11. The van der Waals surface area contributed by atoms with Gasteiger partial charge in [0.25, 0.3) is 0 Å². The lowest BCUT2D eigenvalue weighted by Crippen LogP contribution is -2.25. The molecule has 1 unspecified atom stereocenters. The van der Waals surface area contributed by atoms with Crippen LogP contribution in [0.15, 0.2) is 18.2 Å². The monoisotopic (exact) mass is 324 g/mol. The molecule has 3 N–H and O–H groups in total. The molecule has 0 spiro atoms. The number of rotatable bonds is 7. The number of sulfonamides is 1. The number of nitrogens with one attached hydrogen (secondary N) is 1. The zero-order chi connectivity index (χ0) is 14.5. The standard InChI is InChI=1S/C12H18Cl2N2O2S/c1-2-12(16-6-3-7-19(15,17)18)9-4-5-10(13)11(14)8-9/h4-5,8,12,16H,2-3,6-7H2,1H3,(H2,15,17,18). The normalized spacial score (nSPS) is 13.5. The van der Waals surface area contributed by atoms with Gasteiger partial charge in [-0.3, -0.25) is 0 Å². The topological polar surface area (TPSA) is 72.2 Å². The van der Waals surface area contributed by atoms with Gasteiger partial charge in [0.15, 0.2) is 0 Å². The van der Waals surface area contributed by atoms with Crippen LogP contribution < -0.4 is 10.5 Å². The fourth-order valence-corrected chi connectivity index (χ4v) is 2.63. The Morgan fingerprint density at radius 3 is 2.53 bits per heavy atom. The predicted molar refractivity (Wildman–Crippen MR) is 80.1 cm³/mol. The highest BCUT2D eigenvalue weighted by molar-refractivity contribution is 7.89. The summed E-state index contributed by atoms with van der Waals surface area (Å²) in [5.41, 5.74) is 1.03. The number of hydrogen-bond acceptors (Lipinski definition) is 3. The first-order chi connectivity index (χ1) is 8.83. The number of nitrogens with two attached hydrogens (primary N) is 1. The number of benzene rings is 1. The molecule has 108 valence electrons. The fraction of sp³-hybridized carbons (Fsp3) is 0.500. The molecule has 1 atom stereocenters. The average Bonchev–Trinajstić information content (AvgIpc) is 2.32. The summed E-state index contributed by atoms with van der Waals surface area (Å²) in [5, 5.41) is 9.27. The van der Waals surface area contributed by atoms with Crippen LogP contribution >= 0.6 is 23.2 Å². The van der Waals surface area contributed by atoms with E-state index in [1.165, 1.54) is 0 Å². The lowest BCUT2D eigenvalue weighted by Gasteiger charge is -2.17. The first-order valence-corrected chi connectivity index (χ1v) is 8.49. The van der Waals surface area contributed by atoms with Crippen LogP contribution in [-0.2, 0) is 10.0 Å². The second-order valence-corrected chi connectivity index (χ2v) is 6.86. The van der Waals surface area contributed by atoms with Crippen LogP contribution in [0.4, 0.5) is 0 Å². The van der Waals surface area contributed by atoms with Crippen molar-refractivity contribution in [1.29, 1.82) is 0 Å². The maximum absolute atomic E-state index is 10.8. The van der Waals surface area contributed by atoms with Gasteiger partial charge in [-0.05, 0) is 37.1 Å². The minimum atomic E-state index is -3.38. The molecule has 0 aliphatic rings. The van der Waals surface area contributed by atoms with Crippen LogP contribution in [0.5, 0.6) is 0 Å². The third-order valence-electron chi connectivity index (χ3n) is 2.75. The molecular weight excluding hydrogens is 307 g/mol. The maximum atomic E-state index is 10.8. The van der Waals surface area contributed by atoms with Crippen molar-refractivity contribution < 1.29 is 8.42 Å². The SMILES string of the molecule is CCC(NCCCS(N)(=O)=O)c1ccc(Cl)c(Cl)c1. The van der Waals surface area contributed by atoms with Crippen LogP contribution in [0, 0.1) is 0 Å². The van der Waals surface area contributed by atoms with E-state index in [1.54, 1.807) is 6.07 Å². The first-order valence-electron chi connectivity index (χ1n) is 6.02. The molecule has 0 amide bonds. The minimum absolute atomic E-state index is 0.0161. The van der Waals surface area contributed by atoms with E-state index in [0.717, 1.165) is 12.0 Å². The van der Waals surface area contributed by atoms with Crippen molar-refractivity contribution in [2.24, 2.45) is 5.14 Å². The lowest BCUT2D eigenvalue weighted by atomic mass is 10.0. The van der Waals surface area contributed by atoms with E-state index in [1.807, 2.05) is 19.1 Å². The Kier molecular flexibility index (Phi) is 6.56. The van der Waals surface area contributed by atoms with Crippen LogP contribution in [0.3, 0.4) is 0 Å². The zero-order valence-electron chi connectivity index (χ0n) is 10.7. The van der Waals surface area contributed by atoms with Gasteiger partial charge in [0.05, 0.1) is 15.8 Å². The second kappa shape index (κ2) is 7.45. The number of halogens is 2. The summed E-state index contributed by atoms with van der Waals surface area (Å²) in [6.45, 7) is 2.62. The highest BCUT2D eigenvalue weighted by Crippen LogP contribution is 2.26. The molecule has 0 bridgehead atoms. The molecule has 0 aliphatic heterocycles. The van der Waals surface area contributed by atoms with Gasteiger partial charge in [0.2, 0.25) is 10.0 Å². The Bertz CT molecular complexity index is 520. The molecular formula is C12H18Cl2N2O2S. The third kappa shape index (κ3) is 6.10. The smallest absolute Gasteiger partial charge is 0.209 e. The molecule has 1 rings (SSSR count). The molecule has 4 nitrogen and oxygen atoms in total. The van der Waals surface area contributed by atoms with Crippen LogP contribution in [0.2, 0.25) is 10.0 Å². The van der Waals surface area contributed by atoms with E-state index in [4.69, 9.17) is 28.3 Å². The minimum Gasteiger partial charge on any atom is -0.310 e. The first kappa shape index (κ1) is 16.7. The van der Waals surface area contributed by atoms with Gasteiger partial charge in [-0.2, -0.15) is 0 Å². The van der Waals surface area contributed by atoms with Gasteiger partial charge in [-0.15, -0.1) is 0 Å². The van der Waals surface area contributed by atoms with Crippen molar-refractivity contribution in [3.63, 3.8) is 0 Å². The van der Waals surface area contributed by atoms with Crippen molar-refractivity contribution in [2.75, 3.05) is 12.3 Å². The van der Waals surface area contributed by atoms with Gasteiger partial charge in [0.1, 0.15) is 0 Å². The quantitative estimate of drug-likeness (QED) is 0.757. The van der Waals surface area contributed by atoms with Crippen molar-refractivity contribution >= 4 is 33.2 Å². The molecule has 19 heavy (non-hydrogen) atoms. The average molecular weight is 325 g/mol.